The summed E-state index contributed by atoms with van der Waals surface area (Å²) in [6.45, 7) is 7.72. The maximum absolute atomic E-state index is 6.15. The zero-order chi connectivity index (χ0) is 12.5. The summed E-state index contributed by atoms with van der Waals surface area (Å²) in [5, 5.41) is 0. The molecule has 3 atom stereocenters. The lowest BCUT2D eigenvalue weighted by Gasteiger charge is -2.39. The second-order valence-corrected chi connectivity index (χ2v) is 6.93. The zero-order valence-electron chi connectivity index (χ0n) is 11.9. The molecule has 3 heterocycles. The number of nitrogens with zero attached hydrogens (tertiary/aromatic N) is 2. The summed E-state index contributed by atoms with van der Waals surface area (Å²) in [6, 6.07) is 2.09. The molecule has 3 aliphatic rings. The molecule has 3 unspecified atom stereocenters. The van der Waals surface area contributed by atoms with Crippen LogP contribution < -0.4 is 5.73 Å². The van der Waals surface area contributed by atoms with Gasteiger partial charge in [0.05, 0.1) is 0 Å². The first kappa shape index (κ1) is 12.9. The molecular formula is C15H29N3. The van der Waals surface area contributed by atoms with Crippen molar-refractivity contribution in [3.8, 4) is 0 Å². The van der Waals surface area contributed by atoms with E-state index >= 15 is 0 Å². The molecule has 0 aromatic carbocycles. The van der Waals surface area contributed by atoms with E-state index in [9.17, 15) is 0 Å². The molecule has 3 fully saturated rings. The Bertz CT molecular complexity index is 261. The number of likely N-dealkylation sites (tertiary alicyclic amines) is 1. The highest BCUT2D eigenvalue weighted by atomic mass is 15.2. The van der Waals surface area contributed by atoms with E-state index in [1.807, 2.05) is 0 Å². The van der Waals surface area contributed by atoms with Gasteiger partial charge in [0.1, 0.15) is 0 Å². The Morgan fingerprint density at radius 1 is 1.06 bits per heavy atom. The minimum Gasteiger partial charge on any atom is -0.328 e. The van der Waals surface area contributed by atoms with Crippen LogP contribution in [0.25, 0.3) is 0 Å². The molecule has 0 aromatic rings. The van der Waals surface area contributed by atoms with Gasteiger partial charge < -0.3 is 10.6 Å². The van der Waals surface area contributed by atoms with Gasteiger partial charge in [0.25, 0.3) is 0 Å². The van der Waals surface area contributed by atoms with Gasteiger partial charge in [-0.1, -0.05) is 6.92 Å². The summed E-state index contributed by atoms with van der Waals surface area (Å²) in [5.41, 5.74) is 6.15. The van der Waals surface area contributed by atoms with Crippen LogP contribution >= 0.6 is 0 Å². The number of rotatable bonds is 4. The number of hydrogen-bond acceptors (Lipinski definition) is 3. The average Bonchev–Trinajstić information content (AvgIpc) is 2.88. The van der Waals surface area contributed by atoms with Crippen molar-refractivity contribution in [2.45, 2.75) is 63.6 Å². The van der Waals surface area contributed by atoms with Crippen molar-refractivity contribution in [3.05, 3.63) is 0 Å². The lowest BCUT2D eigenvalue weighted by molar-refractivity contribution is 0.101. The first-order valence-electron chi connectivity index (χ1n) is 7.96. The molecule has 2 bridgehead atoms. The van der Waals surface area contributed by atoms with Crippen LogP contribution in [0.1, 0.15) is 45.4 Å². The second kappa shape index (κ2) is 5.48. The predicted octanol–water partition coefficient (Wildman–Crippen LogP) is 1.67. The second-order valence-electron chi connectivity index (χ2n) is 6.93. The molecular weight excluding hydrogens is 222 g/mol. The van der Waals surface area contributed by atoms with Crippen LogP contribution in [0.5, 0.6) is 0 Å². The number of piperidine rings is 1. The quantitative estimate of drug-likeness (QED) is 0.825. The molecule has 0 aromatic heterocycles. The van der Waals surface area contributed by atoms with Crippen molar-refractivity contribution >= 4 is 0 Å². The van der Waals surface area contributed by atoms with E-state index in [1.54, 1.807) is 0 Å². The zero-order valence-corrected chi connectivity index (χ0v) is 11.9. The van der Waals surface area contributed by atoms with Crippen molar-refractivity contribution in [2.24, 2.45) is 11.7 Å². The summed E-state index contributed by atoms with van der Waals surface area (Å²) in [4.78, 5) is 5.45. The first-order valence-corrected chi connectivity index (χ1v) is 7.96. The van der Waals surface area contributed by atoms with Gasteiger partial charge in [-0.25, -0.2) is 0 Å². The van der Waals surface area contributed by atoms with Crippen LogP contribution in [-0.2, 0) is 0 Å². The Morgan fingerprint density at radius 2 is 1.67 bits per heavy atom. The Balaban J connectivity index is 1.50. The molecule has 3 heteroatoms. The van der Waals surface area contributed by atoms with Crippen molar-refractivity contribution in [2.75, 3.05) is 26.2 Å². The molecule has 0 aliphatic carbocycles. The van der Waals surface area contributed by atoms with Gasteiger partial charge in [-0.05, 0) is 57.5 Å². The van der Waals surface area contributed by atoms with Crippen LogP contribution in [0.2, 0.25) is 0 Å². The van der Waals surface area contributed by atoms with Crippen LogP contribution in [-0.4, -0.2) is 54.1 Å². The molecule has 0 radical (unpaired) electrons. The molecule has 0 saturated carbocycles. The highest BCUT2D eigenvalue weighted by molar-refractivity contribution is 4.97. The Morgan fingerprint density at radius 3 is 2.28 bits per heavy atom. The molecule has 0 amide bonds. The van der Waals surface area contributed by atoms with Crippen LogP contribution in [0, 0.1) is 5.92 Å². The van der Waals surface area contributed by atoms with E-state index < -0.39 is 0 Å². The van der Waals surface area contributed by atoms with E-state index in [0.29, 0.717) is 6.04 Å². The summed E-state index contributed by atoms with van der Waals surface area (Å²) >= 11 is 0. The standard InChI is InChI=1S/C15H29N3/c1-12(10-17-6-2-3-7-17)11-18-14-4-5-15(18)9-13(16)8-14/h12-15H,2-11,16H2,1H3. The summed E-state index contributed by atoms with van der Waals surface area (Å²) in [7, 11) is 0. The highest BCUT2D eigenvalue weighted by Crippen LogP contribution is 2.35. The van der Waals surface area contributed by atoms with Gasteiger partial charge in [-0.15, -0.1) is 0 Å². The first-order chi connectivity index (χ1) is 8.72. The molecule has 2 N–H and O–H groups in total. The van der Waals surface area contributed by atoms with Crippen LogP contribution in [0.3, 0.4) is 0 Å². The van der Waals surface area contributed by atoms with Gasteiger partial charge in [0, 0.05) is 31.2 Å². The van der Waals surface area contributed by atoms with Crippen LogP contribution in [0.15, 0.2) is 0 Å². The van der Waals surface area contributed by atoms with Crippen molar-refractivity contribution in [1.82, 2.24) is 9.80 Å². The fourth-order valence-electron chi connectivity index (χ4n) is 4.44. The fraction of sp³-hybridized carbons (Fsp3) is 1.00. The maximum Gasteiger partial charge on any atom is 0.0114 e. The average molecular weight is 251 g/mol. The number of hydrogen-bond donors (Lipinski definition) is 1. The molecule has 3 nitrogen and oxygen atoms in total. The summed E-state index contributed by atoms with van der Waals surface area (Å²) in [6.07, 6.45) is 8.11. The Labute approximate surface area is 112 Å². The third-order valence-electron chi connectivity index (χ3n) is 5.21. The molecule has 0 spiro atoms. The summed E-state index contributed by atoms with van der Waals surface area (Å²) in [5.74, 6) is 0.820. The van der Waals surface area contributed by atoms with E-state index in [-0.39, 0.29) is 0 Å². The van der Waals surface area contributed by atoms with E-state index in [2.05, 4.69) is 16.7 Å². The van der Waals surface area contributed by atoms with Gasteiger partial charge in [0.15, 0.2) is 0 Å². The van der Waals surface area contributed by atoms with Gasteiger partial charge >= 0.3 is 0 Å². The van der Waals surface area contributed by atoms with Crippen LogP contribution in [0.4, 0.5) is 0 Å². The SMILES string of the molecule is CC(CN1CCCC1)CN1C2CCC1CC(N)C2. The molecule has 18 heavy (non-hydrogen) atoms. The maximum atomic E-state index is 6.15. The van der Waals surface area contributed by atoms with Crippen molar-refractivity contribution < 1.29 is 0 Å². The minimum atomic E-state index is 0.479. The molecule has 3 aliphatic heterocycles. The molecule has 3 saturated heterocycles. The molecule has 3 rings (SSSR count). The Kier molecular flexibility index (Phi) is 3.92. The van der Waals surface area contributed by atoms with Crippen molar-refractivity contribution in [3.63, 3.8) is 0 Å². The van der Waals surface area contributed by atoms with E-state index in [0.717, 1.165) is 18.0 Å². The number of nitrogens with two attached hydrogens (primary N) is 1. The monoisotopic (exact) mass is 251 g/mol. The normalized spacial score (nSPS) is 39.3. The van der Waals surface area contributed by atoms with Crippen molar-refractivity contribution in [1.29, 1.82) is 0 Å². The van der Waals surface area contributed by atoms with E-state index in [1.165, 1.54) is 64.7 Å². The van der Waals surface area contributed by atoms with Gasteiger partial charge in [-0.2, -0.15) is 0 Å². The smallest absolute Gasteiger partial charge is 0.0114 e. The fourth-order valence-corrected chi connectivity index (χ4v) is 4.44. The molecule has 104 valence electrons. The highest BCUT2D eigenvalue weighted by Gasteiger charge is 2.39. The summed E-state index contributed by atoms with van der Waals surface area (Å²) < 4.78 is 0. The minimum absolute atomic E-state index is 0.479. The van der Waals surface area contributed by atoms with E-state index in [4.69, 9.17) is 5.73 Å². The lowest BCUT2D eigenvalue weighted by Crippen LogP contribution is -2.49. The van der Waals surface area contributed by atoms with Gasteiger partial charge in [-0.3, -0.25) is 4.90 Å². The lowest BCUT2D eigenvalue weighted by atomic mass is 9.96. The number of fused-ring (bicyclic) bond motifs is 2. The van der Waals surface area contributed by atoms with Gasteiger partial charge in [0.2, 0.25) is 0 Å². The Hall–Kier alpha value is -0.120. The third kappa shape index (κ3) is 2.73. The third-order valence-corrected chi connectivity index (χ3v) is 5.21. The predicted molar refractivity (Wildman–Crippen MR) is 75.6 cm³/mol. The largest absolute Gasteiger partial charge is 0.328 e. The topological polar surface area (TPSA) is 32.5 Å².